The second-order valence-electron chi connectivity index (χ2n) is 3.96. The van der Waals surface area contributed by atoms with Gasteiger partial charge in [-0.05, 0) is 44.2 Å². The standard InChI is InChI=1S/C12H15ClN4/c1-8-7-10(13)3-4-11(8)17-9(2)15-12(16-17)5-6-14/h3-4,7H,5-6,14H2,1-2H3. The predicted octanol–water partition coefficient (Wildman–Crippen LogP) is 2.04. The Morgan fingerprint density at radius 1 is 1.35 bits per heavy atom. The number of halogens is 1. The van der Waals surface area contributed by atoms with Crippen molar-refractivity contribution < 1.29 is 0 Å². The number of nitrogens with two attached hydrogens (primary N) is 1. The Morgan fingerprint density at radius 2 is 2.12 bits per heavy atom. The molecule has 0 saturated heterocycles. The molecule has 1 aromatic heterocycles. The molecule has 1 heterocycles. The van der Waals surface area contributed by atoms with E-state index in [2.05, 4.69) is 10.1 Å². The van der Waals surface area contributed by atoms with E-state index in [0.717, 1.165) is 27.9 Å². The lowest BCUT2D eigenvalue weighted by atomic mass is 10.2. The largest absolute Gasteiger partial charge is 0.330 e. The molecule has 0 fully saturated rings. The molecule has 2 N–H and O–H groups in total. The Bertz CT molecular complexity index is 533. The Morgan fingerprint density at radius 3 is 2.76 bits per heavy atom. The lowest BCUT2D eigenvalue weighted by molar-refractivity contribution is 0.799. The van der Waals surface area contributed by atoms with E-state index in [1.54, 1.807) is 0 Å². The van der Waals surface area contributed by atoms with Crippen LogP contribution in [0, 0.1) is 13.8 Å². The highest BCUT2D eigenvalue weighted by Crippen LogP contribution is 2.19. The molecule has 0 aliphatic carbocycles. The predicted molar refractivity (Wildman–Crippen MR) is 68.6 cm³/mol. The Labute approximate surface area is 105 Å². The van der Waals surface area contributed by atoms with Gasteiger partial charge in [-0.15, -0.1) is 0 Å². The Hall–Kier alpha value is -1.39. The summed E-state index contributed by atoms with van der Waals surface area (Å²) in [5.41, 5.74) is 7.58. The first-order valence-electron chi connectivity index (χ1n) is 5.51. The van der Waals surface area contributed by atoms with E-state index in [9.17, 15) is 0 Å². The van der Waals surface area contributed by atoms with Gasteiger partial charge in [0.2, 0.25) is 0 Å². The third-order valence-electron chi connectivity index (χ3n) is 2.57. The van der Waals surface area contributed by atoms with Crippen LogP contribution in [-0.4, -0.2) is 21.3 Å². The number of nitrogens with zero attached hydrogens (tertiary/aromatic N) is 3. The maximum absolute atomic E-state index is 5.94. The average Bonchev–Trinajstić information content (AvgIpc) is 2.60. The number of aromatic nitrogens is 3. The Kier molecular flexibility index (Phi) is 3.45. The number of rotatable bonds is 3. The summed E-state index contributed by atoms with van der Waals surface area (Å²) >= 11 is 5.94. The molecule has 17 heavy (non-hydrogen) atoms. The van der Waals surface area contributed by atoms with Crippen LogP contribution in [0.2, 0.25) is 5.02 Å². The smallest absolute Gasteiger partial charge is 0.152 e. The summed E-state index contributed by atoms with van der Waals surface area (Å²) in [6, 6.07) is 5.72. The van der Waals surface area contributed by atoms with Crippen molar-refractivity contribution in [1.29, 1.82) is 0 Å². The van der Waals surface area contributed by atoms with Crippen LogP contribution in [0.25, 0.3) is 5.69 Å². The number of aryl methyl sites for hydroxylation is 2. The van der Waals surface area contributed by atoms with Crippen LogP contribution in [-0.2, 0) is 6.42 Å². The van der Waals surface area contributed by atoms with Crippen molar-refractivity contribution in [3.8, 4) is 5.69 Å². The number of hydrogen-bond donors (Lipinski definition) is 1. The zero-order chi connectivity index (χ0) is 12.4. The minimum atomic E-state index is 0.559. The van der Waals surface area contributed by atoms with E-state index < -0.39 is 0 Å². The molecule has 0 atom stereocenters. The van der Waals surface area contributed by atoms with E-state index in [1.165, 1.54) is 0 Å². The summed E-state index contributed by atoms with van der Waals surface area (Å²) in [6.07, 6.45) is 0.695. The number of benzene rings is 1. The molecule has 0 unspecified atom stereocenters. The van der Waals surface area contributed by atoms with Crippen LogP contribution >= 0.6 is 11.6 Å². The van der Waals surface area contributed by atoms with Crippen molar-refractivity contribution >= 4 is 11.6 Å². The van der Waals surface area contributed by atoms with E-state index in [-0.39, 0.29) is 0 Å². The SMILES string of the molecule is Cc1cc(Cl)ccc1-n1nc(CCN)nc1C. The van der Waals surface area contributed by atoms with Crippen LogP contribution in [0.15, 0.2) is 18.2 Å². The van der Waals surface area contributed by atoms with Crippen molar-refractivity contribution in [2.24, 2.45) is 5.73 Å². The molecule has 0 amide bonds. The van der Waals surface area contributed by atoms with Crippen molar-refractivity contribution in [2.75, 3.05) is 6.54 Å². The van der Waals surface area contributed by atoms with Crippen molar-refractivity contribution in [3.05, 3.63) is 40.4 Å². The second kappa shape index (κ2) is 4.85. The molecule has 0 saturated carbocycles. The molecule has 1 aromatic carbocycles. The summed E-state index contributed by atoms with van der Waals surface area (Å²) in [5.74, 6) is 1.64. The molecule has 4 nitrogen and oxygen atoms in total. The summed E-state index contributed by atoms with van der Waals surface area (Å²) < 4.78 is 1.83. The third kappa shape index (κ3) is 2.48. The van der Waals surface area contributed by atoms with Gasteiger partial charge in [-0.3, -0.25) is 0 Å². The van der Waals surface area contributed by atoms with Gasteiger partial charge in [0, 0.05) is 11.4 Å². The van der Waals surface area contributed by atoms with E-state index in [0.29, 0.717) is 13.0 Å². The van der Waals surface area contributed by atoms with Gasteiger partial charge in [0.05, 0.1) is 5.69 Å². The van der Waals surface area contributed by atoms with Gasteiger partial charge < -0.3 is 5.73 Å². The van der Waals surface area contributed by atoms with E-state index in [1.807, 2.05) is 36.7 Å². The topological polar surface area (TPSA) is 56.7 Å². The molecule has 0 bridgehead atoms. The average molecular weight is 251 g/mol. The van der Waals surface area contributed by atoms with Crippen molar-refractivity contribution in [1.82, 2.24) is 14.8 Å². The second-order valence-corrected chi connectivity index (χ2v) is 4.39. The lowest BCUT2D eigenvalue weighted by Gasteiger charge is -2.06. The highest BCUT2D eigenvalue weighted by molar-refractivity contribution is 6.30. The van der Waals surface area contributed by atoms with Gasteiger partial charge in [-0.1, -0.05) is 11.6 Å². The fourth-order valence-electron chi connectivity index (χ4n) is 1.76. The van der Waals surface area contributed by atoms with Gasteiger partial charge in [-0.2, -0.15) is 5.10 Å². The van der Waals surface area contributed by atoms with Gasteiger partial charge in [0.1, 0.15) is 5.82 Å². The van der Waals surface area contributed by atoms with Crippen LogP contribution in [0.5, 0.6) is 0 Å². The van der Waals surface area contributed by atoms with E-state index >= 15 is 0 Å². The Balaban J connectivity index is 2.45. The molecule has 2 rings (SSSR count). The fourth-order valence-corrected chi connectivity index (χ4v) is 1.99. The first kappa shape index (κ1) is 12.1. The lowest BCUT2D eigenvalue weighted by Crippen LogP contribution is -2.05. The van der Waals surface area contributed by atoms with Gasteiger partial charge in [-0.25, -0.2) is 9.67 Å². The van der Waals surface area contributed by atoms with Crippen LogP contribution in [0.1, 0.15) is 17.2 Å². The quantitative estimate of drug-likeness (QED) is 0.907. The zero-order valence-electron chi connectivity index (χ0n) is 9.94. The van der Waals surface area contributed by atoms with Gasteiger partial charge in [0.15, 0.2) is 5.82 Å². The minimum Gasteiger partial charge on any atom is -0.330 e. The van der Waals surface area contributed by atoms with Crippen LogP contribution in [0.3, 0.4) is 0 Å². The molecular weight excluding hydrogens is 236 g/mol. The monoisotopic (exact) mass is 250 g/mol. The first-order valence-corrected chi connectivity index (χ1v) is 5.88. The summed E-state index contributed by atoms with van der Waals surface area (Å²) in [6.45, 7) is 4.50. The molecule has 0 aliphatic rings. The molecule has 0 radical (unpaired) electrons. The third-order valence-corrected chi connectivity index (χ3v) is 2.80. The van der Waals surface area contributed by atoms with Gasteiger partial charge >= 0.3 is 0 Å². The molecule has 90 valence electrons. The fraction of sp³-hybridized carbons (Fsp3) is 0.333. The highest BCUT2D eigenvalue weighted by Gasteiger charge is 2.09. The molecular formula is C12H15ClN4. The minimum absolute atomic E-state index is 0.559. The van der Waals surface area contributed by atoms with Crippen LogP contribution < -0.4 is 5.73 Å². The number of hydrogen-bond acceptors (Lipinski definition) is 3. The summed E-state index contributed by atoms with van der Waals surface area (Å²) in [4.78, 5) is 4.38. The summed E-state index contributed by atoms with van der Waals surface area (Å²) in [5, 5.41) is 5.17. The highest BCUT2D eigenvalue weighted by atomic mass is 35.5. The summed E-state index contributed by atoms with van der Waals surface area (Å²) in [7, 11) is 0. The molecule has 0 aliphatic heterocycles. The molecule has 0 spiro atoms. The first-order chi connectivity index (χ1) is 8.11. The maximum Gasteiger partial charge on any atom is 0.152 e. The van der Waals surface area contributed by atoms with Crippen molar-refractivity contribution in [3.63, 3.8) is 0 Å². The molecule has 2 aromatic rings. The van der Waals surface area contributed by atoms with Crippen LogP contribution in [0.4, 0.5) is 0 Å². The van der Waals surface area contributed by atoms with Crippen molar-refractivity contribution in [2.45, 2.75) is 20.3 Å². The maximum atomic E-state index is 5.94. The normalized spacial score (nSPS) is 10.8. The van der Waals surface area contributed by atoms with Gasteiger partial charge in [0.25, 0.3) is 0 Å². The van der Waals surface area contributed by atoms with E-state index in [4.69, 9.17) is 17.3 Å². The zero-order valence-corrected chi connectivity index (χ0v) is 10.7. The molecule has 5 heteroatoms.